The molecule has 0 saturated carbocycles. The van der Waals surface area contributed by atoms with Crippen LogP contribution < -0.4 is 5.76 Å². The van der Waals surface area contributed by atoms with Crippen molar-refractivity contribution in [2.45, 2.75) is 13.0 Å². The van der Waals surface area contributed by atoms with Gasteiger partial charge in [0.05, 0.1) is 6.61 Å². The van der Waals surface area contributed by atoms with Gasteiger partial charge in [0.1, 0.15) is 0 Å². The smallest absolute Gasteiger partial charge is 0.381 e. The highest BCUT2D eigenvalue weighted by molar-refractivity contribution is 9.10. The van der Waals surface area contributed by atoms with Crippen LogP contribution >= 0.6 is 15.9 Å². The summed E-state index contributed by atoms with van der Waals surface area (Å²) in [7, 11) is 0. The number of hydrogen-bond acceptors (Lipinski definition) is 4. The number of benzene rings is 1. The van der Waals surface area contributed by atoms with Crippen LogP contribution in [0.2, 0.25) is 0 Å². The summed E-state index contributed by atoms with van der Waals surface area (Å²) in [6, 6.07) is 7.65. The number of nitrogens with zero attached hydrogens (tertiary/aromatic N) is 2. The van der Waals surface area contributed by atoms with Gasteiger partial charge in [0.15, 0.2) is 5.82 Å². The van der Waals surface area contributed by atoms with E-state index in [0.717, 1.165) is 23.1 Å². The highest BCUT2D eigenvalue weighted by Gasteiger charge is 2.21. The van der Waals surface area contributed by atoms with Crippen molar-refractivity contribution in [3.8, 4) is 11.4 Å². The minimum Gasteiger partial charge on any atom is -0.381 e. The second kappa shape index (κ2) is 5.30. The van der Waals surface area contributed by atoms with E-state index in [9.17, 15) is 4.79 Å². The molecule has 1 aliphatic rings. The second-order valence-electron chi connectivity index (χ2n) is 4.62. The zero-order valence-electron chi connectivity index (χ0n) is 10.2. The van der Waals surface area contributed by atoms with E-state index in [1.807, 2.05) is 24.3 Å². The van der Waals surface area contributed by atoms with Crippen LogP contribution in [0.5, 0.6) is 0 Å². The zero-order valence-corrected chi connectivity index (χ0v) is 11.8. The van der Waals surface area contributed by atoms with E-state index >= 15 is 0 Å². The van der Waals surface area contributed by atoms with Gasteiger partial charge in [0.2, 0.25) is 0 Å². The average molecular weight is 325 g/mol. The maximum absolute atomic E-state index is 11.8. The largest absolute Gasteiger partial charge is 0.441 e. The Labute approximate surface area is 118 Å². The minimum absolute atomic E-state index is 0.350. The van der Waals surface area contributed by atoms with Crippen LogP contribution in [0.15, 0.2) is 38.1 Å². The topological polar surface area (TPSA) is 57.3 Å². The predicted octanol–water partition coefficient (Wildman–Crippen LogP) is 2.30. The summed E-state index contributed by atoms with van der Waals surface area (Å²) < 4.78 is 12.7. The predicted molar refractivity (Wildman–Crippen MR) is 72.8 cm³/mol. The van der Waals surface area contributed by atoms with E-state index in [-0.39, 0.29) is 0 Å². The van der Waals surface area contributed by atoms with Crippen molar-refractivity contribution in [1.29, 1.82) is 0 Å². The van der Waals surface area contributed by atoms with Crippen LogP contribution in [0.25, 0.3) is 11.4 Å². The molecular weight excluding hydrogens is 312 g/mol. The number of aromatic nitrogens is 2. The minimum atomic E-state index is -0.415. The summed E-state index contributed by atoms with van der Waals surface area (Å²) in [6.45, 7) is 2.04. The molecule has 2 heterocycles. The summed E-state index contributed by atoms with van der Waals surface area (Å²) in [5.74, 6) is 0.503. The van der Waals surface area contributed by atoms with Crippen molar-refractivity contribution in [3.05, 3.63) is 39.3 Å². The fourth-order valence-corrected chi connectivity index (χ4v) is 2.65. The molecule has 5 nitrogen and oxygen atoms in total. The monoisotopic (exact) mass is 324 g/mol. The lowest BCUT2D eigenvalue weighted by Gasteiger charge is -2.09. The molecule has 1 saturated heterocycles. The van der Waals surface area contributed by atoms with Gasteiger partial charge in [-0.2, -0.15) is 0 Å². The van der Waals surface area contributed by atoms with Crippen LogP contribution in [0.4, 0.5) is 0 Å². The van der Waals surface area contributed by atoms with Crippen molar-refractivity contribution in [1.82, 2.24) is 9.72 Å². The molecule has 0 amide bonds. The lowest BCUT2D eigenvalue weighted by atomic mass is 10.1. The van der Waals surface area contributed by atoms with Crippen molar-refractivity contribution in [2.24, 2.45) is 5.92 Å². The van der Waals surface area contributed by atoms with E-state index in [1.165, 1.54) is 0 Å². The number of ether oxygens (including phenoxy) is 1. The summed E-state index contributed by atoms with van der Waals surface area (Å²) in [6.07, 6.45) is 0.968. The molecule has 1 aromatic carbocycles. The molecule has 1 fully saturated rings. The lowest BCUT2D eigenvalue weighted by Crippen LogP contribution is -2.21. The Balaban J connectivity index is 1.95. The maximum Gasteiger partial charge on any atom is 0.441 e. The molecule has 100 valence electrons. The highest BCUT2D eigenvalue weighted by Crippen LogP contribution is 2.22. The van der Waals surface area contributed by atoms with Crippen molar-refractivity contribution in [3.63, 3.8) is 0 Å². The second-order valence-corrected chi connectivity index (χ2v) is 5.54. The van der Waals surface area contributed by atoms with E-state index in [4.69, 9.17) is 9.26 Å². The van der Waals surface area contributed by atoms with E-state index in [1.54, 1.807) is 4.57 Å². The van der Waals surface area contributed by atoms with Crippen molar-refractivity contribution < 1.29 is 9.26 Å². The quantitative estimate of drug-likeness (QED) is 0.869. The molecule has 0 N–H and O–H groups in total. The Morgan fingerprint density at radius 1 is 1.47 bits per heavy atom. The molecule has 0 bridgehead atoms. The Hall–Kier alpha value is -1.40. The molecule has 0 radical (unpaired) electrons. The third kappa shape index (κ3) is 2.64. The van der Waals surface area contributed by atoms with E-state index in [0.29, 0.717) is 24.9 Å². The van der Waals surface area contributed by atoms with E-state index < -0.39 is 5.76 Å². The SMILES string of the molecule is O=c1onc(-c2cccc(Br)c2)n1C[C@@H]1CCOC1. The maximum atomic E-state index is 11.8. The highest BCUT2D eigenvalue weighted by atomic mass is 79.9. The summed E-state index contributed by atoms with van der Waals surface area (Å²) in [4.78, 5) is 11.8. The third-order valence-corrected chi connectivity index (χ3v) is 3.73. The van der Waals surface area contributed by atoms with Gasteiger partial charge in [-0.05, 0) is 18.6 Å². The first-order valence-electron chi connectivity index (χ1n) is 6.14. The first-order valence-corrected chi connectivity index (χ1v) is 6.93. The lowest BCUT2D eigenvalue weighted by molar-refractivity contribution is 0.182. The molecular formula is C13H13BrN2O3. The van der Waals surface area contributed by atoms with Crippen molar-refractivity contribution >= 4 is 15.9 Å². The Bertz CT molecular complexity index is 629. The molecule has 1 aliphatic heterocycles. The first-order chi connectivity index (χ1) is 9.24. The molecule has 6 heteroatoms. The van der Waals surface area contributed by atoms with Gasteiger partial charge >= 0.3 is 5.76 Å². The normalized spacial score (nSPS) is 18.9. The summed E-state index contributed by atoms with van der Waals surface area (Å²) in [5, 5.41) is 3.88. The summed E-state index contributed by atoms with van der Waals surface area (Å²) >= 11 is 3.41. The standard InChI is InChI=1S/C13H13BrN2O3/c14-11-3-1-2-10(6-11)12-15-19-13(17)16(12)7-9-4-5-18-8-9/h1-3,6,9H,4-5,7-8H2/t9-/m0/s1. The Morgan fingerprint density at radius 2 is 2.37 bits per heavy atom. The molecule has 1 aromatic heterocycles. The molecule has 1 atom stereocenters. The van der Waals surface area contributed by atoms with Gasteiger partial charge in [-0.15, -0.1) is 0 Å². The van der Waals surface area contributed by atoms with Crippen LogP contribution in [-0.2, 0) is 11.3 Å². The Kier molecular flexibility index (Phi) is 3.52. The van der Waals surface area contributed by atoms with Gasteiger partial charge in [0, 0.05) is 29.1 Å². The molecule has 0 spiro atoms. The number of hydrogen-bond donors (Lipinski definition) is 0. The third-order valence-electron chi connectivity index (χ3n) is 3.23. The van der Waals surface area contributed by atoms with Gasteiger partial charge in [-0.3, -0.25) is 9.09 Å². The zero-order chi connectivity index (χ0) is 13.2. The summed E-state index contributed by atoms with van der Waals surface area (Å²) in [5.41, 5.74) is 0.860. The van der Waals surface area contributed by atoms with Gasteiger partial charge in [0.25, 0.3) is 0 Å². The molecule has 2 aromatic rings. The van der Waals surface area contributed by atoms with Gasteiger partial charge < -0.3 is 4.74 Å². The van der Waals surface area contributed by atoms with Gasteiger partial charge in [-0.25, -0.2) is 4.79 Å². The van der Waals surface area contributed by atoms with Crippen LogP contribution in [0.3, 0.4) is 0 Å². The van der Waals surface area contributed by atoms with Crippen molar-refractivity contribution in [2.75, 3.05) is 13.2 Å². The van der Waals surface area contributed by atoms with Gasteiger partial charge in [-0.1, -0.05) is 33.2 Å². The number of rotatable bonds is 3. The fourth-order valence-electron chi connectivity index (χ4n) is 2.25. The molecule has 3 rings (SSSR count). The van der Waals surface area contributed by atoms with E-state index in [2.05, 4.69) is 21.1 Å². The molecule has 0 aliphatic carbocycles. The molecule has 19 heavy (non-hydrogen) atoms. The average Bonchev–Trinajstić information content (AvgIpc) is 3.01. The van der Waals surface area contributed by atoms with Crippen LogP contribution in [0, 0.1) is 5.92 Å². The van der Waals surface area contributed by atoms with Crippen LogP contribution in [-0.4, -0.2) is 22.9 Å². The first kappa shape index (κ1) is 12.6. The Morgan fingerprint density at radius 3 is 3.11 bits per heavy atom. The fraction of sp³-hybridized carbons (Fsp3) is 0.385. The molecule has 0 unspecified atom stereocenters. The number of halogens is 1. The van der Waals surface area contributed by atoms with Crippen LogP contribution in [0.1, 0.15) is 6.42 Å².